The smallest absolute Gasteiger partial charge is 0.287 e. The molecule has 2 atom stereocenters. The Labute approximate surface area is 133 Å². The zero-order valence-corrected chi connectivity index (χ0v) is 12.9. The van der Waals surface area contributed by atoms with Crippen molar-refractivity contribution < 1.29 is 9.66 Å². The molecule has 2 heterocycles. The molecule has 0 saturated carbocycles. The minimum Gasteiger partial charge on any atom is -0.382 e. The van der Waals surface area contributed by atoms with Gasteiger partial charge in [0, 0.05) is 30.2 Å². The third-order valence-corrected chi connectivity index (χ3v) is 5.47. The number of nitrogens with zero attached hydrogens (tertiary/aromatic N) is 2. The normalized spacial score (nSPS) is 27.5. The fraction of sp³-hybridized carbons (Fsp3) is 0.533. The van der Waals surface area contributed by atoms with Crippen molar-refractivity contribution in [2.75, 3.05) is 23.4 Å². The van der Waals surface area contributed by atoms with Crippen LogP contribution in [0.3, 0.4) is 0 Å². The van der Waals surface area contributed by atoms with E-state index in [4.69, 9.17) is 10.00 Å². The molecule has 0 radical (unpaired) electrons. The van der Waals surface area contributed by atoms with Gasteiger partial charge in [0.05, 0.1) is 10.5 Å². The maximum absolute atomic E-state index is 10.9. The number of hydrogen-bond donors (Lipinski definition) is 1. The Morgan fingerprint density at radius 1 is 1.55 bits per heavy atom. The summed E-state index contributed by atoms with van der Waals surface area (Å²) >= 11 is 1.93. The molecule has 7 heteroatoms. The van der Waals surface area contributed by atoms with Crippen LogP contribution in [0.15, 0.2) is 18.2 Å². The van der Waals surface area contributed by atoms with E-state index in [0.717, 1.165) is 43.1 Å². The van der Waals surface area contributed by atoms with Gasteiger partial charge in [-0.15, -0.1) is 0 Å². The average molecular weight is 319 g/mol. The number of anilines is 1. The summed E-state index contributed by atoms with van der Waals surface area (Å²) in [7, 11) is 0. The fourth-order valence-corrected chi connectivity index (χ4v) is 4.50. The van der Waals surface area contributed by atoms with Crippen LogP contribution in [-0.2, 0) is 4.74 Å². The van der Waals surface area contributed by atoms with Crippen molar-refractivity contribution in [3.8, 4) is 6.07 Å². The molecule has 1 aromatic rings. The van der Waals surface area contributed by atoms with Crippen LogP contribution in [0.2, 0.25) is 0 Å². The Hall–Kier alpha value is -1.78. The van der Waals surface area contributed by atoms with Gasteiger partial charge < -0.3 is 10.1 Å². The SMILES string of the molecule is N#Cc1cc(NC2CCOC3(CCSC3)C2)ccc1[N+](=O)[O-]. The van der Waals surface area contributed by atoms with Crippen LogP contribution in [0, 0.1) is 21.4 Å². The highest BCUT2D eigenvalue weighted by molar-refractivity contribution is 7.99. The number of nitro benzene ring substituents is 1. The van der Waals surface area contributed by atoms with Crippen LogP contribution in [0.5, 0.6) is 0 Å². The Morgan fingerprint density at radius 3 is 3.09 bits per heavy atom. The van der Waals surface area contributed by atoms with Gasteiger partial charge in [-0.05, 0) is 37.1 Å². The highest BCUT2D eigenvalue weighted by Crippen LogP contribution is 2.39. The van der Waals surface area contributed by atoms with Crippen molar-refractivity contribution in [1.29, 1.82) is 5.26 Å². The summed E-state index contributed by atoms with van der Waals surface area (Å²) in [6.07, 6.45) is 2.93. The van der Waals surface area contributed by atoms with Crippen molar-refractivity contribution in [3.63, 3.8) is 0 Å². The molecule has 2 saturated heterocycles. The predicted molar refractivity (Wildman–Crippen MR) is 85.1 cm³/mol. The zero-order valence-electron chi connectivity index (χ0n) is 12.1. The number of thioether (sulfide) groups is 1. The van der Waals surface area contributed by atoms with Crippen LogP contribution in [-0.4, -0.2) is 34.7 Å². The molecular weight excluding hydrogens is 302 g/mol. The fourth-order valence-electron chi connectivity index (χ4n) is 3.12. The summed E-state index contributed by atoms with van der Waals surface area (Å²) < 4.78 is 5.99. The molecule has 116 valence electrons. The van der Waals surface area contributed by atoms with E-state index < -0.39 is 4.92 Å². The number of nitrogens with one attached hydrogen (secondary N) is 1. The summed E-state index contributed by atoms with van der Waals surface area (Å²) in [5, 5.41) is 23.3. The highest BCUT2D eigenvalue weighted by Gasteiger charge is 2.40. The predicted octanol–water partition coefficient (Wildman–Crippen LogP) is 2.93. The van der Waals surface area contributed by atoms with E-state index in [1.165, 1.54) is 6.07 Å². The molecule has 0 amide bonds. The summed E-state index contributed by atoms with van der Waals surface area (Å²) in [5.74, 6) is 2.18. The van der Waals surface area contributed by atoms with Gasteiger partial charge in [-0.2, -0.15) is 17.0 Å². The van der Waals surface area contributed by atoms with Gasteiger partial charge in [0.1, 0.15) is 11.6 Å². The quantitative estimate of drug-likeness (QED) is 0.680. The van der Waals surface area contributed by atoms with Gasteiger partial charge in [0.2, 0.25) is 0 Å². The van der Waals surface area contributed by atoms with Crippen molar-refractivity contribution in [1.82, 2.24) is 0 Å². The minimum absolute atomic E-state index is 0.0145. The van der Waals surface area contributed by atoms with E-state index in [1.54, 1.807) is 12.1 Å². The molecule has 3 rings (SSSR count). The van der Waals surface area contributed by atoms with E-state index >= 15 is 0 Å². The van der Waals surface area contributed by atoms with Gasteiger partial charge >= 0.3 is 0 Å². The van der Waals surface area contributed by atoms with E-state index in [-0.39, 0.29) is 22.9 Å². The van der Waals surface area contributed by atoms with E-state index in [0.29, 0.717) is 0 Å². The van der Waals surface area contributed by atoms with Crippen LogP contribution in [0.1, 0.15) is 24.8 Å². The third kappa shape index (κ3) is 3.03. The largest absolute Gasteiger partial charge is 0.382 e. The van der Waals surface area contributed by atoms with Crippen LogP contribution >= 0.6 is 11.8 Å². The average Bonchev–Trinajstić information content (AvgIpc) is 2.94. The molecule has 2 unspecified atom stereocenters. The number of hydrogen-bond acceptors (Lipinski definition) is 6. The highest BCUT2D eigenvalue weighted by atomic mass is 32.2. The van der Waals surface area contributed by atoms with Gasteiger partial charge in [-0.3, -0.25) is 10.1 Å². The van der Waals surface area contributed by atoms with E-state index in [9.17, 15) is 10.1 Å². The topological polar surface area (TPSA) is 88.2 Å². The first-order valence-electron chi connectivity index (χ1n) is 7.29. The molecular formula is C15H17N3O3S. The van der Waals surface area contributed by atoms with E-state index in [2.05, 4.69) is 5.32 Å². The number of rotatable bonds is 3. The number of nitriles is 1. The lowest BCUT2D eigenvalue weighted by atomic mass is 9.89. The standard InChI is InChI=1S/C15H17N3O3S/c16-9-11-7-12(1-2-14(11)18(19)20)17-13-3-5-21-15(8-13)4-6-22-10-15/h1-2,7,13,17H,3-6,8,10H2. The molecule has 22 heavy (non-hydrogen) atoms. The third-order valence-electron chi connectivity index (χ3n) is 4.24. The summed E-state index contributed by atoms with van der Waals surface area (Å²) in [6.45, 7) is 0.732. The van der Waals surface area contributed by atoms with Gasteiger partial charge in [-0.1, -0.05) is 0 Å². The number of benzene rings is 1. The van der Waals surface area contributed by atoms with Gasteiger partial charge in [0.25, 0.3) is 5.69 Å². The molecule has 1 N–H and O–H groups in total. The van der Waals surface area contributed by atoms with E-state index in [1.807, 2.05) is 17.8 Å². The summed E-state index contributed by atoms with van der Waals surface area (Å²) in [5.41, 5.74) is 0.686. The molecule has 0 aliphatic carbocycles. The summed E-state index contributed by atoms with van der Waals surface area (Å²) in [6, 6.07) is 6.79. The maximum atomic E-state index is 10.9. The first kappa shape index (κ1) is 15.1. The number of ether oxygens (including phenoxy) is 1. The lowest BCUT2D eigenvalue weighted by Crippen LogP contribution is -2.44. The number of nitro groups is 1. The van der Waals surface area contributed by atoms with Crippen LogP contribution < -0.4 is 5.32 Å². The van der Waals surface area contributed by atoms with Crippen LogP contribution in [0.25, 0.3) is 0 Å². The Bertz CT molecular complexity index is 623. The van der Waals surface area contributed by atoms with Crippen molar-refractivity contribution in [2.24, 2.45) is 0 Å². The molecule has 1 aromatic carbocycles. The molecule has 6 nitrogen and oxygen atoms in total. The monoisotopic (exact) mass is 319 g/mol. The first-order chi connectivity index (χ1) is 10.6. The van der Waals surface area contributed by atoms with Crippen molar-refractivity contribution in [3.05, 3.63) is 33.9 Å². The lowest BCUT2D eigenvalue weighted by Gasteiger charge is -2.38. The Morgan fingerprint density at radius 2 is 2.41 bits per heavy atom. The molecule has 0 aromatic heterocycles. The van der Waals surface area contributed by atoms with Gasteiger partial charge in [0.15, 0.2) is 0 Å². The zero-order chi connectivity index (χ0) is 15.6. The van der Waals surface area contributed by atoms with Crippen molar-refractivity contribution in [2.45, 2.75) is 30.9 Å². The molecule has 2 fully saturated rings. The van der Waals surface area contributed by atoms with Crippen molar-refractivity contribution >= 4 is 23.1 Å². The maximum Gasteiger partial charge on any atom is 0.287 e. The second kappa shape index (κ2) is 6.15. The molecule has 0 bridgehead atoms. The molecule has 1 spiro atoms. The second-order valence-electron chi connectivity index (χ2n) is 5.77. The lowest BCUT2D eigenvalue weighted by molar-refractivity contribution is -0.385. The van der Waals surface area contributed by atoms with Gasteiger partial charge in [-0.25, -0.2) is 0 Å². The summed E-state index contributed by atoms with van der Waals surface area (Å²) in [4.78, 5) is 10.3. The molecule has 2 aliphatic rings. The second-order valence-corrected chi connectivity index (χ2v) is 6.87. The van der Waals surface area contributed by atoms with Crippen LogP contribution in [0.4, 0.5) is 11.4 Å². The minimum atomic E-state index is -0.526. The Kier molecular flexibility index (Phi) is 4.23. The first-order valence-corrected chi connectivity index (χ1v) is 8.44. The molecule has 2 aliphatic heterocycles. The Balaban J connectivity index is 1.73.